The first-order valence-corrected chi connectivity index (χ1v) is 6.30. The van der Waals surface area contributed by atoms with Crippen LogP contribution in [0.4, 0.5) is 0 Å². The van der Waals surface area contributed by atoms with E-state index in [1.54, 1.807) is 6.08 Å². The van der Waals surface area contributed by atoms with Crippen LogP contribution >= 0.6 is 0 Å². The number of ether oxygens (including phenoxy) is 1. The predicted octanol–water partition coefficient (Wildman–Crippen LogP) is 1.98. The minimum absolute atomic E-state index is 0.248. The molecule has 1 aliphatic heterocycles. The first-order valence-electron chi connectivity index (χ1n) is 6.30. The highest BCUT2D eigenvalue weighted by molar-refractivity contribution is 5.76. The van der Waals surface area contributed by atoms with Gasteiger partial charge in [0, 0.05) is 26.1 Å². The van der Waals surface area contributed by atoms with Gasteiger partial charge in [0.15, 0.2) is 0 Å². The number of allylic oxidation sites excluding steroid dienone is 1. The fourth-order valence-corrected chi connectivity index (χ4v) is 2.03. The number of rotatable bonds is 6. The van der Waals surface area contributed by atoms with Crippen molar-refractivity contribution in [2.75, 3.05) is 19.7 Å². The maximum Gasteiger partial charge on any atom is 0.222 e. The summed E-state index contributed by atoms with van der Waals surface area (Å²) in [5.74, 6) is 1.06. The Hall–Kier alpha value is -0.830. The van der Waals surface area contributed by atoms with Crippen molar-refractivity contribution in [2.24, 2.45) is 5.92 Å². The van der Waals surface area contributed by atoms with E-state index in [0.717, 1.165) is 38.5 Å². The van der Waals surface area contributed by atoms with E-state index in [0.29, 0.717) is 6.42 Å². The number of carbonyl (C=O) groups is 1. The van der Waals surface area contributed by atoms with Gasteiger partial charge in [0.2, 0.25) is 5.91 Å². The van der Waals surface area contributed by atoms with Crippen molar-refractivity contribution in [3.63, 3.8) is 0 Å². The molecule has 0 bridgehead atoms. The van der Waals surface area contributed by atoms with Crippen molar-refractivity contribution in [1.29, 1.82) is 0 Å². The second kappa shape index (κ2) is 5.48. The lowest BCUT2D eigenvalue weighted by atomic mass is 10.3. The maximum atomic E-state index is 11.7. The van der Waals surface area contributed by atoms with Crippen molar-refractivity contribution in [1.82, 2.24) is 4.90 Å². The summed E-state index contributed by atoms with van der Waals surface area (Å²) in [4.78, 5) is 13.7. The Morgan fingerprint density at radius 3 is 2.94 bits per heavy atom. The summed E-state index contributed by atoms with van der Waals surface area (Å²) in [5.41, 5.74) is 0. The Balaban J connectivity index is 1.65. The van der Waals surface area contributed by atoms with Gasteiger partial charge in [0.1, 0.15) is 0 Å². The molecule has 0 aromatic carbocycles. The van der Waals surface area contributed by atoms with Crippen LogP contribution in [0.1, 0.15) is 32.1 Å². The Morgan fingerprint density at radius 1 is 1.44 bits per heavy atom. The normalized spacial score (nSPS) is 24.8. The third-order valence-corrected chi connectivity index (χ3v) is 3.32. The van der Waals surface area contributed by atoms with Gasteiger partial charge in [-0.1, -0.05) is 6.08 Å². The molecular formula is C13H21NO2. The molecule has 0 unspecified atom stereocenters. The first kappa shape index (κ1) is 11.6. The van der Waals surface area contributed by atoms with Gasteiger partial charge in [-0.2, -0.15) is 0 Å². The van der Waals surface area contributed by atoms with Crippen LogP contribution in [0.3, 0.4) is 0 Å². The molecule has 2 aliphatic rings. The summed E-state index contributed by atoms with van der Waals surface area (Å²) in [6.07, 6.45) is 7.13. The molecule has 0 spiro atoms. The average molecular weight is 223 g/mol. The van der Waals surface area contributed by atoms with E-state index in [2.05, 4.69) is 6.58 Å². The molecule has 1 saturated carbocycles. The fourth-order valence-electron chi connectivity index (χ4n) is 2.03. The van der Waals surface area contributed by atoms with E-state index in [4.69, 9.17) is 4.74 Å². The Morgan fingerprint density at radius 2 is 2.25 bits per heavy atom. The van der Waals surface area contributed by atoms with Crippen LogP contribution in [-0.4, -0.2) is 36.6 Å². The van der Waals surface area contributed by atoms with Gasteiger partial charge in [-0.25, -0.2) is 0 Å². The predicted molar refractivity (Wildman–Crippen MR) is 63.1 cm³/mol. The summed E-state index contributed by atoms with van der Waals surface area (Å²) < 4.78 is 5.80. The smallest absolute Gasteiger partial charge is 0.222 e. The monoisotopic (exact) mass is 223 g/mol. The molecule has 1 heterocycles. The van der Waals surface area contributed by atoms with E-state index in [9.17, 15) is 4.79 Å². The van der Waals surface area contributed by atoms with Gasteiger partial charge in [0.25, 0.3) is 0 Å². The first-order chi connectivity index (χ1) is 7.79. The van der Waals surface area contributed by atoms with E-state index in [1.807, 2.05) is 4.90 Å². The molecule has 0 N–H and O–H groups in total. The summed E-state index contributed by atoms with van der Waals surface area (Å²) in [7, 11) is 0. The van der Waals surface area contributed by atoms with Crippen LogP contribution < -0.4 is 0 Å². The molecule has 3 nitrogen and oxygen atoms in total. The van der Waals surface area contributed by atoms with Crippen molar-refractivity contribution in [3.05, 3.63) is 12.7 Å². The molecular weight excluding hydrogens is 202 g/mol. The fraction of sp³-hybridized carbons (Fsp3) is 0.769. The quantitative estimate of drug-likeness (QED) is 0.644. The van der Waals surface area contributed by atoms with Crippen LogP contribution in [0, 0.1) is 5.92 Å². The highest BCUT2D eigenvalue weighted by Crippen LogP contribution is 2.30. The third-order valence-electron chi connectivity index (χ3n) is 3.32. The van der Waals surface area contributed by atoms with Gasteiger partial charge < -0.3 is 9.64 Å². The van der Waals surface area contributed by atoms with Gasteiger partial charge in [-0.3, -0.25) is 4.79 Å². The van der Waals surface area contributed by atoms with E-state index in [1.165, 1.54) is 12.8 Å². The molecule has 1 amide bonds. The number of hydrogen-bond acceptors (Lipinski definition) is 2. The SMILES string of the molecule is C=CCCC(=O)N1CC[C@@H](OCC2CC2)C1. The number of nitrogens with zero attached hydrogens (tertiary/aromatic N) is 1. The van der Waals surface area contributed by atoms with E-state index < -0.39 is 0 Å². The molecule has 2 fully saturated rings. The topological polar surface area (TPSA) is 29.5 Å². The standard InChI is InChI=1S/C13H21NO2/c1-2-3-4-13(15)14-8-7-12(9-14)16-10-11-5-6-11/h2,11-12H,1,3-10H2/t12-/m1/s1. The molecule has 90 valence electrons. The summed E-state index contributed by atoms with van der Waals surface area (Å²) in [6, 6.07) is 0. The number of amides is 1. The molecule has 3 heteroatoms. The third kappa shape index (κ3) is 3.34. The largest absolute Gasteiger partial charge is 0.376 e. The lowest BCUT2D eigenvalue weighted by Gasteiger charge is -2.16. The van der Waals surface area contributed by atoms with Gasteiger partial charge in [-0.05, 0) is 31.6 Å². The van der Waals surface area contributed by atoms with Crippen molar-refractivity contribution in [3.8, 4) is 0 Å². The average Bonchev–Trinajstić information content (AvgIpc) is 3.00. The Labute approximate surface area is 97.5 Å². The summed E-state index contributed by atoms with van der Waals surface area (Å²) >= 11 is 0. The number of carbonyl (C=O) groups excluding carboxylic acids is 1. The molecule has 0 radical (unpaired) electrons. The molecule has 1 saturated heterocycles. The van der Waals surface area contributed by atoms with Crippen molar-refractivity contribution in [2.45, 2.75) is 38.2 Å². The lowest BCUT2D eigenvalue weighted by molar-refractivity contribution is -0.130. The Kier molecular flexibility index (Phi) is 3.99. The van der Waals surface area contributed by atoms with Crippen LogP contribution in [-0.2, 0) is 9.53 Å². The second-order valence-corrected chi connectivity index (χ2v) is 4.85. The molecule has 16 heavy (non-hydrogen) atoms. The zero-order valence-electron chi connectivity index (χ0n) is 9.86. The zero-order chi connectivity index (χ0) is 11.4. The van der Waals surface area contributed by atoms with Gasteiger partial charge >= 0.3 is 0 Å². The lowest BCUT2D eigenvalue weighted by Crippen LogP contribution is -2.30. The summed E-state index contributed by atoms with van der Waals surface area (Å²) in [5, 5.41) is 0. The zero-order valence-corrected chi connectivity index (χ0v) is 9.86. The Bertz CT molecular complexity index is 261. The summed E-state index contributed by atoms with van der Waals surface area (Å²) in [6.45, 7) is 6.20. The van der Waals surface area contributed by atoms with Crippen LogP contribution in [0.15, 0.2) is 12.7 Å². The number of likely N-dealkylation sites (tertiary alicyclic amines) is 1. The molecule has 1 atom stereocenters. The highest BCUT2D eigenvalue weighted by Gasteiger charge is 2.28. The molecule has 2 rings (SSSR count). The van der Waals surface area contributed by atoms with Crippen LogP contribution in [0.5, 0.6) is 0 Å². The van der Waals surface area contributed by atoms with E-state index in [-0.39, 0.29) is 12.0 Å². The van der Waals surface area contributed by atoms with E-state index >= 15 is 0 Å². The maximum absolute atomic E-state index is 11.7. The van der Waals surface area contributed by atoms with Crippen molar-refractivity contribution >= 4 is 5.91 Å². The van der Waals surface area contributed by atoms with Crippen LogP contribution in [0.2, 0.25) is 0 Å². The molecule has 0 aromatic heterocycles. The minimum Gasteiger partial charge on any atom is -0.376 e. The minimum atomic E-state index is 0.248. The van der Waals surface area contributed by atoms with Gasteiger partial charge in [0.05, 0.1) is 6.10 Å². The number of hydrogen-bond donors (Lipinski definition) is 0. The second-order valence-electron chi connectivity index (χ2n) is 4.85. The van der Waals surface area contributed by atoms with Crippen molar-refractivity contribution < 1.29 is 9.53 Å². The van der Waals surface area contributed by atoms with Crippen LogP contribution in [0.25, 0.3) is 0 Å². The highest BCUT2D eigenvalue weighted by atomic mass is 16.5. The molecule has 1 aliphatic carbocycles. The molecule has 0 aromatic rings. The van der Waals surface area contributed by atoms with Gasteiger partial charge in [-0.15, -0.1) is 6.58 Å².